The number of imide groups is 1. The van der Waals surface area contributed by atoms with Crippen LogP contribution in [0.1, 0.15) is 22.8 Å². The molecule has 3 amide bonds. The van der Waals surface area contributed by atoms with Gasteiger partial charge in [-0.3, -0.25) is 24.1 Å². The monoisotopic (exact) mass is 711 g/mol. The smallest absolute Gasteiger partial charge is 0.305 e. The molecule has 2 N–H and O–H groups in total. The molecule has 0 spiro atoms. The molecule has 4 aliphatic rings. The van der Waals surface area contributed by atoms with Gasteiger partial charge in [-0.05, 0) is 84.3 Å². The Bertz CT molecular complexity index is 1980. The lowest BCUT2D eigenvalue weighted by molar-refractivity contribution is -0.123. The number of amides is 3. The number of hydrogen-bond donors (Lipinski definition) is 2. The van der Waals surface area contributed by atoms with E-state index in [0.29, 0.717) is 32.2 Å². The van der Waals surface area contributed by atoms with Crippen LogP contribution in [0.5, 0.6) is 5.75 Å². The number of carbonyl (C=O) groups is 3. The standard InChI is InChI=1S/C33H24Cl3N3O5S2/c34-15-4-7-17(8-5-15)39-31(41)26-19-12-20(27(26)32(39)42)28-25(19)24(29-30(45-28)38-33(43)46-29)14-2-1-3-18(10-14)44-13-23(40)37-16-6-9-21(35)22(36)11-16/h1-11,19-20,24-28H,12-13H2,(H,37,40)(H,38,43)/t19?,20?,24-,25?,26?,27?,28?/m1/s1. The Morgan fingerprint density at radius 3 is 2.46 bits per heavy atom. The number of nitrogens with zero attached hydrogens (tertiary/aromatic N) is 1. The lowest BCUT2D eigenvalue weighted by Gasteiger charge is -2.43. The highest BCUT2D eigenvalue weighted by Gasteiger charge is 2.69. The maximum atomic E-state index is 13.9. The SMILES string of the molecule is O=C(COc1cccc([C@H]2c3sc(=O)[nH]c3SC3C4CC(C5C(=O)N(c6ccc(Cl)cc6)C(=O)C45)C32)c1)Nc1ccc(Cl)c(Cl)c1. The minimum absolute atomic E-state index is 0.00213. The molecular formula is C33H24Cl3N3O5S2. The Balaban J connectivity index is 1.08. The number of carbonyl (C=O) groups excluding carboxylic acids is 3. The van der Waals surface area contributed by atoms with Crippen molar-refractivity contribution in [2.75, 3.05) is 16.8 Å². The Morgan fingerprint density at radius 2 is 1.70 bits per heavy atom. The van der Waals surface area contributed by atoms with Crippen molar-refractivity contribution >= 4 is 87.0 Å². The summed E-state index contributed by atoms with van der Waals surface area (Å²) in [5.41, 5.74) is 1.98. The zero-order chi connectivity index (χ0) is 31.9. The van der Waals surface area contributed by atoms with Crippen LogP contribution in [0.15, 0.2) is 76.6 Å². The molecule has 0 radical (unpaired) electrons. The summed E-state index contributed by atoms with van der Waals surface area (Å²) in [7, 11) is 0. The number of anilines is 2. The summed E-state index contributed by atoms with van der Waals surface area (Å²) >= 11 is 20.9. The maximum absolute atomic E-state index is 13.9. The normalized spacial score (nSPS) is 27.4. The zero-order valence-corrected chi connectivity index (χ0v) is 27.6. The summed E-state index contributed by atoms with van der Waals surface area (Å²) < 4.78 is 5.91. The maximum Gasteiger partial charge on any atom is 0.305 e. The first-order chi connectivity index (χ1) is 22.2. The summed E-state index contributed by atoms with van der Waals surface area (Å²) in [6, 6.07) is 19.2. The quantitative estimate of drug-likeness (QED) is 0.207. The second-order valence-corrected chi connectivity index (χ2v) is 15.4. The minimum Gasteiger partial charge on any atom is -0.484 e. The molecule has 3 fully saturated rings. The third-order valence-corrected chi connectivity index (χ3v) is 13.2. The van der Waals surface area contributed by atoms with Crippen molar-refractivity contribution in [1.82, 2.24) is 4.98 Å². The summed E-state index contributed by atoms with van der Waals surface area (Å²) in [6.45, 7) is -0.232. The van der Waals surface area contributed by atoms with Crippen LogP contribution in [0.3, 0.4) is 0 Å². The van der Waals surface area contributed by atoms with Crippen LogP contribution in [0.2, 0.25) is 15.1 Å². The van der Waals surface area contributed by atoms with Crippen molar-refractivity contribution < 1.29 is 19.1 Å². The van der Waals surface area contributed by atoms with Crippen LogP contribution >= 0.6 is 57.9 Å². The van der Waals surface area contributed by atoms with E-state index in [-0.39, 0.29) is 58.1 Å². The van der Waals surface area contributed by atoms with Crippen LogP contribution in [0.4, 0.5) is 11.4 Å². The predicted molar refractivity (Wildman–Crippen MR) is 179 cm³/mol. The van der Waals surface area contributed by atoms with Crippen molar-refractivity contribution in [2.45, 2.75) is 22.6 Å². The van der Waals surface area contributed by atoms with E-state index < -0.39 is 11.8 Å². The summed E-state index contributed by atoms with van der Waals surface area (Å²) in [5.74, 6) is -1.16. The Morgan fingerprint density at radius 1 is 0.935 bits per heavy atom. The molecule has 8 nitrogen and oxygen atoms in total. The van der Waals surface area contributed by atoms with Crippen molar-refractivity contribution in [3.63, 3.8) is 0 Å². The molecular weight excluding hydrogens is 689 g/mol. The van der Waals surface area contributed by atoms with Crippen molar-refractivity contribution in [3.8, 4) is 5.75 Å². The van der Waals surface area contributed by atoms with Gasteiger partial charge in [0.2, 0.25) is 11.8 Å². The number of hydrogen-bond acceptors (Lipinski definition) is 7. The van der Waals surface area contributed by atoms with Gasteiger partial charge in [-0.2, -0.15) is 0 Å². The molecule has 8 rings (SSSR count). The molecule has 46 heavy (non-hydrogen) atoms. The van der Waals surface area contributed by atoms with Gasteiger partial charge in [-0.15, -0.1) is 11.8 Å². The highest BCUT2D eigenvalue weighted by molar-refractivity contribution is 8.00. The summed E-state index contributed by atoms with van der Waals surface area (Å²) in [4.78, 5) is 58.2. The number of aromatic nitrogens is 1. The van der Waals surface area contributed by atoms with Crippen LogP contribution in [-0.4, -0.2) is 34.6 Å². The van der Waals surface area contributed by atoms with Gasteiger partial charge >= 0.3 is 4.87 Å². The van der Waals surface area contributed by atoms with Gasteiger partial charge < -0.3 is 15.0 Å². The molecule has 1 saturated heterocycles. The highest BCUT2D eigenvalue weighted by Crippen LogP contribution is 2.68. The average Bonchev–Trinajstić information content (AvgIpc) is 3.77. The van der Waals surface area contributed by atoms with Crippen LogP contribution in [-0.2, 0) is 14.4 Å². The van der Waals surface area contributed by atoms with Crippen LogP contribution in [0.25, 0.3) is 0 Å². The molecule has 3 aromatic carbocycles. The largest absolute Gasteiger partial charge is 0.484 e. The molecule has 7 atom stereocenters. The number of benzene rings is 3. The summed E-state index contributed by atoms with van der Waals surface area (Å²) in [6.07, 6.45) is 0.782. The fourth-order valence-electron chi connectivity index (χ4n) is 7.95. The van der Waals surface area contributed by atoms with Crippen LogP contribution < -0.4 is 19.8 Å². The first kappa shape index (κ1) is 30.1. The first-order valence-electron chi connectivity index (χ1n) is 14.7. The third-order valence-electron chi connectivity index (χ3n) is 9.60. The molecule has 6 unspecified atom stereocenters. The number of halogens is 3. The lowest BCUT2D eigenvalue weighted by Crippen LogP contribution is -2.42. The lowest BCUT2D eigenvalue weighted by atomic mass is 9.68. The van der Waals surface area contributed by atoms with Crippen molar-refractivity contribution in [2.24, 2.45) is 29.6 Å². The van der Waals surface area contributed by atoms with Gasteiger partial charge in [0.1, 0.15) is 5.75 Å². The second kappa shape index (κ2) is 11.5. The van der Waals surface area contributed by atoms with E-state index in [2.05, 4.69) is 10.3 Å². The van der Waals surface area contributed by atoms with E-state index in [1.165, 1.54) is 16.2 Å². The Labute approximate surface area is 286 Å². The second-order valence-electron chi connectivity index (χ2n) is 12.0. The molecule has 2 aliphatic carbocycles. The fraction of sp³-hybridized carbons (Fsp3) is 0.273. The molecule has 13 heteroatoms. The number of rotatable bonds is 6. The topological polar surface area (TPSA) is 109 Å². The molecule has 1 aromatic heterocycles. The van der Waals surface area contributed by atoms with Crippen LogP contribution in [0, 0.1) is 29.6 Å². The summed E-state index contributed by atoms with van der Waals surface area (Å²) in [5, 5.41) is 4.88. The van der Waals surface area contributed by atoms with Gasteiger partial charge in [-0.1, -0.05) is 58.3 Å². The number of ether oxygens (including phenoxy) is 1. The number of thioether (sulfide) groups is 1. The zero-order valence-electron chi connectivity index (χ0n) is 23.7. The van der Waals surface area contributed by atoms with E-state index in [9.17, 15) is 19.2 Å². The van der Waals surface area contributed by atoms with Crippen molar-refractivity contribution in [1.29, 1.82) is 0 Å². The number of fused-ring (bicyclic) bond motifs is 9. The Hall–Kier alpha value is -3.28. The molecule has 2 bridgehead atoms. The van der Waals surface area contributed by atoms with E-state index in [0.717, 1.165) is 21.9 Å². The van der Waals surface area contributed by atoms with E-state index in [1.54, 1.807) is 60.3 Å². The third kappa shape index (κ3) is 4.88. The predicted octanol–water partition coefficient (Wildman–Crippen LogP) is 7.09. The van der Waals surface area contributed by atoms with Gasteiger partial charge in [0, 0.05) is 26.8 Å². The highest BCUT2D eigenvalue weighted by atomic mass is 35.5. The average molecular weight is 713 g/mol. The van der Waals surface area contributed by atoms with Gasteiger partial charge in [0.15, 0.2) is 6.61 Å². The van der Waals surface area contributed by atoms with E-state index in [1.807, 2.05) is 18.2 Å². The first-order valence-corrected chi connectivity index (χ1v) is 17.5. The number of H-pyrrole nitrogens is 1. The molecule has 2 aliphatic heterocycles. The fourth-order valence-corrected chi connectivity index (χ4v) is 11.3. The number of nitrogens with one attached hydrogen (secondary N) is 2. The molecule has 2 saturated carbocycles. The van der Waals surface area contributed by atoms with E-state index in [4.69, 9.17) is 39.5 Å². The number of thiazole rings is 1. The van der Waals surface area contributed by atoms with Gasteiger partial charge in [0.25, 0.3) is 5.91 Å². The van der Waals surface area contributed by atoms with Gasteiger partial charge in [0.05, 0.1) is 32.6 Å². The molecule has 3 heterocycles. The Kier molecular flexibility index (Phi) is 7.49. The minimum atomic E-state index is -0.417. The van der Waals surface area contributed by atoms with Gasteiger partial charge in [-0.25, -0.2) is 0 Å². The molecule has 234 valence electrons. The van der Waals surface area contributed by atoms with E-state index >= 15 is 0 Å². The number of aromatic amines is 1. The van der Waals surface area contributed by atoms with Crippen molar-refractivity contribution in [3.05, 3.63) is 102 Å². The molecule has 4 aromatic rings.